The van der Waals surface area contributed by atoms with Crippen LogP contribution in [-0.4, -0.2) is 46.2 Å². The highest BCUT2D eigenvalue weighted by Gasteiger charge is 2.48. The highest BCUT2D eigenvalue weighted by molar-refractivity contribution is 5.79. The maximum atomic E-state index is 11.8. The van der Waals surface area contributed by atoms with E-state index in [0.717, 1.165) is 44.7 Å². The second kappa shape index (κ2) is 5.06. The number of hydrogen-bond acceptors (Lipinski definition) is 3. The smallest absolute Gasteiger partial charge is 0.323 e. The Labute approximate surface area is 115 Å². The normalized spacial score (nSPS) is 35.6. The molecule has 0 saturated heterocycles. The highest BCUT2D eigenvalue weighted by atomic mass is 16.4. The molecule has 108 valence electrons. The summed E-state index contributed by atoms with van der Waals surface area (Å²) in [5.41, 5.74) is -0.646. The van der Waals surface area contributed by atoms with Gasteiger partial charge in [0.1, 0.15) is 5.54 Å². The minimum Gasteiger partial charge on any atom is -0.480 e. The summed E-state index contributed by atoms with van der Waals surface area (Å²) in [4.78, 5) is 14.4. The minimum absolute atomic E-state index is 0.464. The first kappa shape index (κ1) is 13.4. The molecule has 3 saturated carbocycles. The van der Waals surface area contributed by atoms with E-state index in [0.29, 0.717) is 12.1 Å². The van der Waals surface area contributed by atoms with Crippen molar-refractivity contribution in [1.29, 1.82) is 0 Å². The van der Waals surface area contributed by atoms with Crippen molar-refractivity contribution in [3.8, 4) is 0 Å². The SMILES string of the molecule is CCN(C1CC1)C1CCCC(NC2CC2)(C(=O)O)C1. The molecule has 4 heteroatoms. The lowest BCUT2D eigenvalue weighted by atomic mass is 9.78. The Morgan fingerprint density at radius 2 is 2.00 bits per heavy atom. The van der Waals surface area contributed by atoms with Gasteiger partial charge in [0.2, 0.25) is 0 Å². The first-order valence-corrected chi connectivity index (χ1v) is 7.91. The van der Waals surface area contributed by atoms with Crippen molar-refractivity contribution < 1.29 is 9.90 Å². The molecule has 0 amide bonds. The van der Waals surface area contributed by atoms with Gasteiger partial charge >= 0.3 is 5.97 Å². The summed E-state index contributed by atoms with van der Waals surface area (Å²) in [6.07, 6.45) is 8.73. The van der Waals surface area contributed by atoms with Crippen LogP contribution in [0, 0.1) is 0 Å². The van der Waals surface area contributed by atoms with Crippen molar-refractivity contribution in [2.75, 3.05) is 6.54 Å². The molecule has 0 spiro atoms. The molecule has 2 unspecified atom stereocenters. The number of nitrogens with one attached hydrogen (secondary N) is 1. The molecular formula is C15H26N2O2. The van der Waals surface area contributed by atoms with E-state index in [1.807, 2.05) is 0 Å². The van der Waals surface area contributed by atoms with E-state index in [-0.39, 0.29) is 0 Å². The third kappa shape index (κ3) is 2.79. The van der Waals surface area contributed by atoms with E-state index in [9.17, 15) is 9.90 Å². The average Bonchev–Trinajstić information content (AvgIpc) is 3.24. The molecule has 0 bridgehead atoms. The van der Waals surface area contributed by atoms with Gasteiger partial charge in [0.25, 0.3) is 0 Å². The largest absolute Gasteiger partial charge is 0.480 e. The highest BCUT2D eigenvalue weighted by Crippen LogP contribution is 2.38. The molecule has 3 aliphatic rings. The van der Waals surface area contributed by atoms with Gasteiger partial charge in [-0.2, -0.15) is 0 Å². The molecule has 0 radical (unpaired) electrons. The molecule has 3 aliphatic carbocycles. The minimum atomic E-state index is -0.646. The van der Waals surface area contributed by atoms with Gasteiger partial charge in [-0.25, -0.2) is 0 Å². The quantitative estimate of drug-likeness (QED) is 0.772. The van der Waals surface area contributed by atoms with E-state index in [1.54, 1.807) is 0 Å². The number of carboxylic acids is 1. The van der Waals surface area contributed by atoms with Crippen LogP contribution < -0.4 is 5.32 Å². The Kier molecular flexibility index (Phi) is 3.56. The Bertz CT molecular complexity index is 352. The molecule has 0 aliphatic heterocycles. The molecular weight excluding hydrogens is 240 g/mol. The maximum Gasteiger partial charge on any atom is 0.323 e. The van der Waals surface area contributed by atoms with Crippen LogP contribution in [0.5, 0.6) is 0 Å². The molecule has 4 nitrogen and oxygen atoms in total. The lowest BCUT2D eigenvalue weighted by Crippen LogP contribution is -2.59. The van der Waals surface area contributed by atoms with E-state index < -0.39 is 11.5 Å². The predicted molar refractivity (Wildman–Crippen MR) is 74.2 cm³/mol. The van der Waals surface area contributed by atoms with Gasteiger partial charge in [0.15, 0.2) is 0 Å². The third-order valence-electron chi connectivity index (χ3n) is 5.04. The summed E-state index contributed by atoms with van der Waals surface area (Å²) in [5, 5.41) is 13.2. The number of nitrogens with zero attached hydrogens (tertiary/aromatic N) is 1. The zero-order valence-electron chi connectivity index (χ0n) is 11.9. The van der Waals surface area contributed by atoms with Gasteiger partial charge in [-0.1, -0.05) is 6.92 Å². The summed E-state index contributed by atoms with van der Waals surface area (Å²) < 4.78 is 0. The van der Waals surface area contributed by atoms with Crippen molar-refractivity contribution in [2.24, 2.45) is 0 Å². The fourth-order valence-electron chi connectivity index (χ4n) is 3.76. The standard InChI is InChI=1S/C15H26N2O2/c1-2-17(12-7-8-12)13-4-3-9-15(10-13,14(18)19)16-11-5-6-11/h11-13,16H,2-10H2,1H3,(H,18,19). The maximum absolute atomic E-state index is 11.8. The summed E-state index contributed by atoms with van der Waals surface area (Å²) >= 11 is 0. The Morgan fingerprint density at radius 1 is 1.26 bits per heavy atom. The summed E-state index contributed by atoms with van der Waals surface area (Å²) in [6.45, 7) is 3.28. The molecule has 3 fully saturated rings. The lowest BCUT2D eigenvalue weighted by Gasteiger charge is -2.43. The molecule has 0 aromatic rings. The van der Waals surface area contributed by atoms with Crippen LogP contribution in [0.25, 0.3) is 0 Å². The van der Waals surface area contributed by atoms with E-state index in [2.05, 4.69) is 17.1 Å². The number of hydrogen-bond donors (Lipinski definition) is 2. The first-order valence-electron chi connectivity index (χ1n) is 7.91. The summed E-state index contributed by atoms with van der Waals surface area (Å²) in [6, 6.07) is 1.67. The number of carbonyl (C=O) groups is 1. The van der Waals surface area contributed by atoms with Crippen LogP contribution in [0.2, 0.25) is 0 Å². The average molecular weight is 266 g/mol. The first-order chi connectivity index (χ1) is 9.14. The second-order valence-electron chi connectivity index (χ2n) is 6.62. The second-order valence-corrected chi connectivity index (χ2v) is 6.62. The van der Waals surface area contributed by atoms with Gasteiger partial charge in [0, 0.05) is 18.1 Å². The number of carboxylic acid groups (broad SMARTS) is 1. The van der Waals surface area contributed by atoms with Gasteiger partial charge < -0.3 is 5.11 Å². The van der Waals surface area contributed by atoms with E-state index in [1.165, 1.54) is 19.3 Å². The predicted octanol–water partition coefficient (Wildman–Crippen LogP) is 1.99. The van der Waals surface area contributed by atoms with Crippen molar-refractivity contribution in [3.05, 3.63) is 0 Å². The van der Waals surface area contributed by atoms with Crippen LogP contribution in [0.3, 0.4) is 0 Å². The Hall–Kier alpha value is -0.610. The van der Waals surface area contributed by atoms with Crippen molar-refractivity contribution >= 4 is 5.97 Å². The fraction of sp³-hybridized carbons (Fsp3) is 0.933. The fourth-order valence-corrected chi connectivity index (χ4v) is 3.76. The van der Waals surface area contributed by atoms with Crippen LogP contribution in [-0.2, 0) is 4.79 Å². The Balaban J connectivity index is 1.71. The molecule has 0 aromatic heterocycles. The molecule has 0 aromatic carbocycles. The summed E-state index contributed by atoms with van der Waals surface area (Å²) in [5.74, 6) is -0.629. The van der Waals surface area contributed by atoms with Crippen LogP contribution >= 0.6 is 0 Å². The summed E-state index contributed by atoms with van der Waals surface area (Å²) in [7, 11) is 0. The number of rotatable bonds is 6. The van der Waals surface area contributed by atoms with Crippen LogP contribution in [0.15, 0.2) is 0 Å². The zero-order valence-corrected chi connectivity index (χ0v) is 11.9. The van der Waals surface area contributed by atoms with Crippen LogP contribution in [0.1, 0.15) is 58.3 Å². The van der Waals surface area contributed by atoms with Gasteiger partial charge in [-0.05, 0) is 57.9 Å². The van der Waals surface area contributed by atoms with Crippen molar-refractivity contribution in [3.63, 3.8) is 0 Å². The molecule has 3 rings (SSSR count). The molecule has 2 atom stereocenters. The van der Waals surface area contributed by atoms with Crippen LogP contribution in [0.4, 0.5) is 0 Å². The van der Waals surface area contributed by atoms with Crippen molar-refractivity contribution in [2.45, 2.75) is 82.0 Å². The molecule has 0 heterocycles. The van der Waals surface area contributed by atoms with Crippen molar-refractivity contribution in [1.82, 2.24) is 10.2 Å². The van der Waals surface area contributed by atoms with E-state index in [4.69, 9.17) is 0 Å². The molecule has 2 N–H and O–H groups in total. The zero-order chi connectivity index (χ0) is 13.5. The third-order valence-corrected chi connectivity index (χ3v) is 5.04. The van der Waals surface area contributed by atoms with Gasteiger partial charge in [-0.3, -0.25) is 15.0 Å². The van der Waals surface area contributed by atoms with E-state index >= 15 is 0 Å². The monoisotopic (exact) mass is 266 g/mol. The Morgan fingerprint density at radius 3 is 2.53 bits per heavy atom. The molecule has 19 heavy (non-hydrogen) atoms. The van der Waals surface area contributed by atoms with Gasteiger partial charge in [-0.15, -0.1) is 0 Å². The topological polar surface area (TPSA) is 52.6 Å². The van der Waals surface area contributed by atoms with Gasteiger partial charge in [0.05, 0.1) is 0 Å². The lowest BCUT2D eigenvalue weighted by molar-refractivity contribution is -0.147. The number of aliphatic carboxylic acids is 1.